The second kappa shape index (κ2) is 12.4. The van der Waals surface area contributed by atoms with Crippen molar-refractivity contribution in [2.75, 3.05) is 36.5 Å². The largest absolute Gasteiger partial charge is 0.493 e. The molecule has 1 aromatic carbocycles. The number of carbonyl (C=O) groups excluding carboxylic acids is 2. The Morgan fingerprint density at radius 3 is 2.61 bits per heavy atom. The highest BCUT2D eigenvalue weighted by Crippen LogP contribution is 2.26. The van der Waals surface area contributed by atoms with Crippen LogP contribution in [-0.2, 0) is 4.79 Å². The van der Waals surface area contributed by atoms with Gasteiger partial charge in [0.2, 0.25) is 0 Å². The maximum atomic E-state index is 13.1. The third-order valence-corrected chi connectivity index (χ3v) is 6.89. The number of hydrogen-bond acceptors (Lipinski definition) is 6. The second-order valence-electron chi connectivity index (χ2n) is 9.65. The SMILES string of the molecule is C/C=C(\C=C(/C)C(=O)N(C)c1ccc(N2CCC(COc3cccc(C=O)c3)CC2)nc1)c1ccc(C)o1. The summed E-state index contributed by atoms with van der Waals surface area (Å²) in [6, 6.07) is 15.0. The van der Waals surface area contributed by atoms with Crippen LogP contribution in [0.4, 0.5) is 11.5 Å². The highest BCUT2D eigenvalue weighted by molar-refractivity contribution is 6.06. The quantitative estimate of drug-likeness (QED) is 0.195. The Kier molecular flexibility index (Phi) is 8.79. The van der Waals surface area contributed by atoms with Gasteiger partial charge in [0.15, 0.2) is 0 Å². The first-order valence-electron chi connectivity index (χ1n) is 13.0. The molecule has 0 atom stereocenters. The van der Waals surface area contributed by atoms with Crippen LogP contribution in [0.3, 0.4) is 0 Å². The van der Waals surface area contributed by atoms with Crippen molar-refractivity contribution < 1.29 is 18.7 Å². The summed E-state index contributed by atoms with van der Waals surface area (Å²) in [5.74, 6) is 3.57. The molecule has 1 amide bonds. The molecule has 198 valence electrons. The summed E-state index contributed by atoms with van der Waals surface area (Å²) in [6.07, 6.45) is 8.38. The smallest absolute Gasteiger partial charge is 0.253 e. The van der Waals surface area contributed by atoms with Crippen LogP contribution in [0.5, 0.6) is 5.75 Å². The molecule has 7 nitrogen and oxygen atoms in total. The number of nitrogens with zero attached hydrogens (tertiary/aromatic N) is 3. The number of allylic oxidation sites excluding steroid dienone is 3. The van der Waals surface area contributed by atoms with Gasteiger partial charge in [-0.1, -0.05) is 18.2 Å². The lowest BCUT2D eigenvalue weighted by molar-refractivity contribution is -0.114. The minimum atomic E-state index is -0.0957. The van der Waals surface area contributed by atoms with Crippen LogP contribution in [0.2, 0.25) is 0 Å². The Labute approximate surface area is 224 Å². The fraction of sp³-hybridized carbons (Fsp3) is 0.323. The fourth-order valence-electron chi connectivity index (χ4n) is 4.55. The van der Waals surface area contributed by atoms with E-state index in [2.05, 4.69) is 9.88 Å². The standard InChI is InChI=1S/C31H35N3O4/c1-5-26(29-11-9-23(3)38-29)17-22(2)31(36)33(4)27-10-12-30(32-19-27)34-15-13-24(14-16-34)21-37-28-8-6-7-25(18-28)20-35/h5-12,17-20,24H,13-16,21H2,1-4H3/b22-17+,26-5+. The van der Waals surface area contributed by atoms with Crippen LogP contribution in [-0.4, -0.2) is 43.9 Å². The summed E-state index contributed by atoms with van der Waals surface area (Å²) in [5, 5.41) is 0. The molecule has 0 radical (unpaired) electrons. The minimum absolute atomic E-state index is 0.0957. The Balaban J connectivity index is 1.31. The zero-order valence-corrected chi connectivity index (χ0v) is 22.5. The number of likely N-dealkylation sites (N-methyl/N-ethyl adjacent to an activating group) is 1. The van der Waals surface area contributed by atoms with Crippen molar-refractivity contribution in [1.29, 1.82) is 0 Å². The number of carbonyl (C=O) groups is 2. The van der Waals surface area contributed by atoms with Crippen molar-refractivity contribution in [3.8, 4) is 5.75 Å². The number of pyridine rings is 1. The molecule has 3 aromatic rings. The van der Waals surface area contributed by atoms with Crippen LogP contribution in [0.1, 0.15) is 48.6 Å². The summed E-state index contributed by atoms with van der Waals surface area (Å²) >= 11 is 0. The molecular weight excluding hydrogens is 478 g/mol. The zero-order chi connectivity index (χ0) is 27.1. The Hall–Kier alpha value is -4.13. The molecule has 0 spiro atoms. The topological polar surface area (TPSA) is 75.9 Å². The third-order valence-electron chi connectivity index (χ3n) is 6.89. The van der Waals surface area contributed by atoms with Crippen LogP contribution < -0.4 is 14.5 Å². The average Bonchev–Trinajstić information content (AvgIpc) is 3.40. The van der Waals surface area contributed by atoms with Crippen LogP contribution >= 0.6 is 0 Å². The zero-order valence-electron chi connectivity index (χ0n) is 22.5. The van der Waals surface area contributed by atoms with E-state index in [1.807, 2.05) is 69.3 Å². The molecular formula is C31H35N3O4. The Morgan fingerprint density at radius 1 is 1.18 bits per heavy atom. The van der Waals surface area contributed by atoms with Crippen LogP contribution in [0, 0.1) is 12.8 Å². The Bertz CT molecular complexity index is 1310. The van der Waals surface area contributed by atoms with Gasteiger partial charge in [-0.2, -0.15) is 0 Å². The number of furan rings is 1. The summed E-state index contributed by atoms with van der Waals surface area (Å²) in [7, 11) is 1.76. The Morgan fingerprint density at radius 2 is 1.97 bits per heavy atom. The predicted molar refractivity (Wildman–Crippen MR) is 151 cm³/mol. The number of benzene rings is 1. The molecule has 7 heteroatoms. The highest BCUT2D eigenvalue weighted by Gasteiger charge is 2.21. The van der Waals surface area contributed by atoms with E-state index in [9.17, 15) is 9.59 Å². The first-order chi connectivity index (χ1) is 18.4. The first kappa shape index (κ1) is 26.9. The number of aryl methyl sites for hydroxylation is 1. The van der Waals surface area contributed by atoms with E-state index in [4.69, 9.17) is 9.15 Å². The van der Waals surface area contributed by atoms with Crippen molar-refractivity contribution in [1.82, 2.24) is 4.98 Å². The molecule has 2 aromatic heterocycles. The lowest BCUT2D eigenvalue weighted by Gasteiger charge is -2.33. The van der Waals surface area contributed by atoms with E-state index in [-0.39, 0.29) is 5.91 Å². The van der Waals surface area contributed by atoms with E-state index in [1.54, 1.807) is 30.3 Å². The summed E-state index contributed by atoms with van der Waals surface area (Å²) < 4.78 is 11.6. The van der Waals surface area contributed by atoms with Gasteiger partial charge in [0.05, 0.1) is 18.5 Å². The molecule has 1 aliphatic heterocycles. The first-order valence-corrected chi connectivity index (χ1v) is 13.0. The minimum Gasteiger partial charge on any atom is -0.493 e. The maximum Gasteiger partial charge on any atom is 0.253 e. The fourth-order valence-corrected chi connectivity index (χ4v) is 4.55. The normalized spacial score (nSPS) is 14.9. The monoisotopic (exact) mass is 513 g/mol. The van der Waals surface area contributed by atoms with Gasteiger partial charge < -0.3 is 19.0 Å². The number of hydrogen-bond donors (Lipinski definition) is 0. The summed E-state index contributed by atoms with van der Waals surface area (Å²) in [6.45, 7) is 8.06. The van der Waals surface area contributed by atoms with Crippen molar-refractivity contribution >= 4 is 29.3 Å². The summed E-state index contributed by atoms with van der Waals surface area (Å²) in [5.41, 5.74) is 2.84. The number of piperidine rings is 1. The van der Waals surface area contributed by atoms with Gasteiger partial charge >= 0.3 is 0 Å². The van der Waals surface area contributed by atoms with Crippen molar-refractivity contribution in [3.63, 3.8) is 0 Å². The van der Waals surface area contributed by atoms with Crippen molar-refractivity contribution in [3.05, 3.63) is 89.5 Å². The number of ether oxygens (including phenoxy) is 1. The maximum absolute atomic E-state index is 13.1. The van der Waals surface area contributed by atoms with E-state index < -0.39 is 0 Å². The van der Waals surface area contributed by atoms with E-state index in [1.165, 1.54) is 0 Å². The molecule has 0 aliphatic carbocycles. The van der Waals surface area contributed by atoms with Gasteiger partial charge in [-0.3, -0.25) is 9.59 Å². The van der Waals surface area contributed by atoms with Gasteiger partial charge in [0.1, 0.15) is 29.4 Å². The molecule has 0 N–H and O–H groups in total. The van der Waals surface area contributed by atoms with Crippen molar-refractivity contribution in [2.45, 2.75) is 33.6 Å². The molecule has 1 saturated heterocycles. The number of aromatic nitrogens is 1. The lowest BCUT2D eigenvalue weighted by Crippen LogP contribution is -2.36. The van der Waals surface area contributed by atoms with Crippen LogP contribution in [0.15, 0.2) is 76.9 Å². The highest BCUT2D eigenvalue weighted by atomic mass is 16.5. The number of amides is 1. The van der Waals surface area contributed by atoms with E-state index >= 15 is 0 Å². The molecule has 4 rings (SSSR count). The van der Waals surface area contributed by atoms with E-state index in [0.717, 1.165) is 66.6 Å². The number of rotatable bonds is 9. The molecule has 0 bridgehead atoms. The molecule has 3 heterocycles. The summed E-state index contributed by atoms with van der Waals surface area (Å²) in [4.78, 5) is 32.6. The van der Waals surface area contributed by atoms with Gasteiger partial charge in [-0.25, -0.2) is 4.98 Å². The predicted octanol–water partition coefficient (Wildman–Crippen LogP) is 6.10. The second-order valence-corrected chi connectivity index (χ2v) is 9.65. The molecule has 1 fully saturated rings. The average molecular weight is 514 g/mol. The number of aldehydes is 1. The lowest BCUT2D eigenvalue weighted by atomic mass is 9.98. The van der Waals surface area contributed by atoms with Gasteiger partial charge in [-0.15, -0.1) is 0 Å². The van der Waals surface area contributed by atoms with Crippen molar-refractivity contribution in [2.24, 2.45) is 5.92 Å². The van der Waals surface area contributed by atoms with Gasteiger partial charge in [0, 0.05) is 36.8 Å². The van der Waals surface area contributed by atoms with Gasteiger partial charge in [-0.05, 0) is 82.0 Å². The molecule has 1 aliphatic rings. The molecule has 0 saturated carbocycles. The molecule has 0 unspecified atom stereocenters. The van der Waals surface area contributed by atoms with Gasteiger partial charge in [0.25, 0.3) is 5.91 Å². The number of anilines is 2. The third kappa shape index (κ3) is 6.59. The molecule has 38 heavy (non-hydrogen) atoms. The van der Waals surface area contributed by atoms with Crippen LogP contribution in [0.25, 0.3) is 5.57 Å². The van der Waals surface area contributed by atoms with E-state index in [0.29, 0.717) is 23.7 Å².